The third-order valence-corrected chi connectivity index (χ3v) is 4.82. The SMILES string of the molecule is COc1cccc(CCNc2cc(C)nc(N3CCc4ccccc43)n2)c1. The first kappa shape index (κ1) is 17.3. The first-order valence-electron chi connectivity index (χ1n) is 9.31. The van der Waals surface area contributed by atoms with E-state index in [2.05, 4.69) is 51.6 Å². The third kappa shape index (κ3) is 3.87. The molecular weight excluding hydrogens is 336 g/mol. The minimum atomic E-state index is 0.767. The minimum absolute atomic E-state index is 0.767. The standard InChI is InChI=1S/C22H24N4O/c1-16-14-21(23-12-10-17-6-5-8-19(15-17)27-2)25-22(24-16)26-13-11-18-7-3-4-9-20(18)26/h3-9,14-15H,10-13H2,1-2H3,(H,23,24,25). The summed E-state index contributed by atoms with van der Waals surface area (Å²) in [6.07, 6.45) is 1.94. The van der Waals surface area contributed by atoms with Gasteiger partial charge in [0.05, 0.1) is 7.11 Å². The van der Waals surface area contributed by atoms with Crippen molar-refractivity contribution >= 4 is 17.5 Å². The zero-order valence-corrected chi connectivity index (χ0v) is 15.8. The van der Waals surface area contributed by atoms with Crippen molar-refractivity contribution in [3.05, 3.63) is 71.4 Å². The quantitative estimate of drug-likeness (QED) is 0.716. The summed E-state index contributed by atoms with van der Waals surface area (Å²) in [4.78, 5) is 11.6. The van der Waals surface area contributed by atoms with Crippen LogP contribution in [-0.2, 0) is 12.8 Å². The normalized spacial score (nSPS) is 12.7. The van der Waals surface area contributed by atoms with E-state index in [4.69, 9.17) is 9.72 Å². The average Bonchev–Trinajstić information content (AvgIpc) is 3.12. The summed E-state index contributed by atoms with van der Waals surface area (Å²) in [7, 11) is 1.69. The zero-order valence-electron chi connectivity index (χ0n) is 15.8. The van der Waals surface area contributed by atoms with Gasteiger partial charge in [-0.1, -0.05) is 30.3 Å². The molecule has 1 aliphatic rings. The van der Waals surface area contributed by atoms with Crippen LogP contribution in [0.1, 0.15) is 16.8 Å². The van der Waals surface area contributed by atoms with E-state index >= 15 is 0 Å². The summed E-state index contributed by atoms with van der Waals surface area (Å²) in [6, 6.07) is 18.6. The molecule has 0 amide bonds. The number of nitrogens with zero attached hydrogens (tertiary/aromatic N) is 3. The highest BCUT2D eigenvalue weighted by Crippen LogP contribution is 2.32. The Morgan fingerprint density at radius 3 is 2.85 bits per heavy atom. The molecule has 2 heterocycles. The van der Waals surface area contributed by atoms with Crippen LogP contribution in [0.2, 0.25) is 0 Å². The number of methoxy groups -OCH3 is 1. The van der Waals surface area contributed by atoms with Crippen LogP contribution in [0, 0.1) is 6.92 Å². The van der Waals surface area contributed by atoms with Gasteiger partial charge in [0.2, 0.25) is 5.95 Å². The number of nitrogens with one attached hydrogen (secondary N) is 1. The van der Waals surface area contributed by atoms with Crippen molar-refractivity contribution in [2.24, 2.45) is 0 Å². The zero-order chi connectivity index (χ0) is 18.6. The number of aryl methyl sites for hydroxylation is 1. The van der Waals surface area contributed by atoms with Gasteiger partial charge < -0.3 is 15.0 Å². The summed E-state index contributed by atoms with van der Waals surface area (Å²) >= 11 is 0. The van der Waals surface area contributed by atoms with Gasteiger partial charge in [0, 0.05) is 30.5 Å². The molecule has 0 unspecified atom stereocenters. The van der Waals surface area contributed by atoms with Gasteiger partial charge in [0.1, 0.15) is 11.6 Å². The van der Waals surface area contributed by atoms with Crippen LogP contribution in [0.5, 0.6) is 5.75 Å². The number of ether oxygens (including phenoxy) is 1. The Morgan fingerprint density at radius 2 is 1.96 bits per heavy atom. The van der Waals surface area contributed by atoms with Crippen molar-refractivity contribution in [1.29, 1.82) is 0 Å². The molecule has 0 aliphatic carbocycles. The molecule has 0 fully saturated rings. The maximum absolute atomic E-state index is 5.29. The Balaban J connectivity index is 1.47. The average molecular weight is 360 g/mol. The first-order chi connectivity index (χ1) is 13.2. The van der Waals surface area contributed by atoms with Crippen molar-refractivity contribution in [3.8, 4) is 5.75 Å². The summed E-state index contributed by atoms with van der Waals surface area (Å²) in [6.45, 7) is 3.74. The highest BCUT2D eigenvalue weighted by atomic mass is 16.5. The van der Waals surface area contributed by atoms with Crippen LogP contribution in [0.15, 0.2) is 54.6 Å². The monoisotopic (exact) mass is 360 g/mol. The van der Waals surface area contributed by atoms with Crippen LogP contribution >= 0.6 is 0 Å². The number of anilines is 3. The van der Waals surface area contributed by atoms with E-state index in [0.717, 1.165) is 49.1 Å². The van der Waals surface area contributed by atoms with E-state index in [1.165, 1.54) is 16.8 Å². The number of fused-ring (bicyclic) bond motifs is 1. The molecule has 1 aromatic heterocycles. The smallest absolute Gasteiger partial charge is 0.232 e. The highest BCUT2D eigenvalue weighted by molar-refractivity contribution is 5.66. The van der Waals surface area contributed by atoms with Gasteiger partial charge in [-0.25, -0.2) is 4.98 Å². The van der Waals surface area contributed by atoms with Gasteiger partial charge in [-0.05, 0) is 49.1 Å². The topological polar surface area (TPSA) is 50.3 Å². The van der Waals surface area contributed by atoms with Gasteiger partial charge in [0.25, 0.3) is 0 Å². The summed E-state index contributed by atoms with van der Waals surface area (Å²) in [5.74, 6) is 2.52. The van der Waals surface area contributed by atoms with Crippen LogP contribution in [0.3, 0.4) is 0 Å². The van der Waals surface area contributed by atoms with Crippen molar-refractivity contribution in [3.63, 3.8) is 0 Å². The molecule has 0 spiro atoms. The van der Waals surface area contributed by atoms with E-state index in [0.29, 0.717) is 0 Å². The predicted molar refractivity (Wildman–Crippen MR) is 109 cm³/mol. The predicted octanol–water partition coefficient (Wildman–Crippen LogP) is 4.14. The van der Waals surface area contributed by atoms with Crippen LogP contribution in [0.25, 0.3) is 0 Å². The van der Waals surface area contributed by atoms with Gasteiger partial charge in [-0.2, -0.15) is 4.98 Å². The van der Waals surface area contributed by atoms with Crippen LogP contribution in [0.4, 0.5) is 17.5 Å². The fraction of sp³-hybridized carbons (Fsp3) is 0.273. The lowest BCUT2D eigenvalue weighted by Gasteiger charge is -2.18. The Labute approximate surface area is 160 Å². The molecule has 2 aromatic carbocycles. The minimum Gasteiger partial charge on any atom is -0.497 e. The molecule has 0 radical (unpaired) electrons. The maximum Gasteiger partial charge on any atom is 0.232 e. The Morgan fingerprint density at radius 1 is 1.07 bits per heavy atom. The molecule has 5 heteroatoms. The van der Waals surface area contributed by atoms with E-state index < -0.39 is 0 Å². The second-order valence-electron chi connectivity index (χ2n) is 6.75. The Hall–Kier alpha value is -3.08. The largest absolute Gasteiger partial charge is 0.497 e. The number of hydrogen-bond acceptors (Lipinski definition) is 5. The van der Waals surface area contributed by atoms with E-state index in [1.807, 2.05) is 25.1 Å². The lowest BCUT2D eigenvalue weighted by Crippen LogP contribution is -2.18. The lowest BCUT2D eigenvalue weighted by molar-refractivity contribution is 0.414. The fourth-order valence-corrected chi connectivity index (χ4v) is 3.47. The Bertz CT molecular complexity index is 941. The number of aromatic nitrogens is 2. The molecule has 0 bridgehead atoms. The van der Waals surface area contributed by atoms with Crippen molar-refractivity contribution in [2.45, 2.75) is 19.8 Å². The number of para-hydroxylation sites is 1. The summed E-state index contributed by atoms with van der Waals surface area (Å²) < 4.78 is 5.29. The number of benzene rings is 2. The molecular formula is C22H24N4O. The lowest BCUT2D eigenvalue weighted by atomic mass is 10.1. The molecule has 1 N–H and O–H groups in total. The fourth-order valence-electron chi connectivity index (χ4n) is 3.47. The molecule has 138 valence electrons. The first-order valence-corrected chi connectivity index (χ1v) is 9.31. The molecule has 4 rings (SSSR count). The van der Waals surface area contributed by atoms with Gasteiger partial charge in [-0.3, -0.25) is 0 Å². The molecule has 0 saturated carbocycles. The summed E-state index contributed by atoms with van der Waals surface area (Å²) in [5, 5.41) is 3.44. The highest BCUT2D eigenvalue weighted by Gasteiger charge is 2.22. The van der Waals surface area contributed by atoms with E-state index in [1.54, 1.807) is 7.11 Å². The molecule has 3 aromatic rings. The van der Waals surface area contributed by atoms with Crippen LogP contribution in [-0.4, -0.2) is 30.2 Å². The van der Waals surface area contributed by atoms with Gasteiger partial charge in [-0.15, -0.1) is 0 Å². The second-order valence-corrected chi connectivity index (χ2v) is 6.75. The third-order valence-electron chi connectivity index (χ3n) is 4.82. The maximum atomic E-state index is 5.29. The van der Waals surface area contributed by atoms with Crippen molar-refractivity contribution in [2.75, 3.05) is 30.4 Å². The van der Waals surface area contributed by atoms with Crippen LogP contribution < -0.4 is 15.0 Å². The molecule has 5 nitrogen and oxygen atoms in total. The van der Waals surface area contributed by atoms with E-state index in [-0.39, 0.29) is 0 Å². The van der Waals surface area contributed by atoms with Gasteiger partial charge in [0.15, 0.2) is 0 Å². The van der Waals surface area contributed by atoms with Gasteiger partial charge >= 0.3 is 0 Å². The van der Waals surface area contributed by atoms with E-state index in [9.17, 15) is 0 Å². The molecule has 0 atom stereocenters. The van der Waals surface area contributed by atoms with Crippen molar-refractivity contribution < 1.29 is 4.74 Å². The molecule has 1 aliphatic heterocycles. The molecule has 0 saturated heterocycles. The molecule has 27 heavy (non-hydrogen) atoms. The second kappa shape index (κ2) is 7.66. The number of rotatable bonds is 6. The van der Waals surface area contributed by atoms with Crippen molar-refractivity contribution in [1.82, 2.24) is 9.97 Å². The number of hydrogen-bond donors (Lipinski definition) is 1. The Kier molecular flexibility index (Phi) is 4.92. The summed E-state index contributed by atoms with van der Waals surface area (Å²) in [5.41, 5.74) is 4.77.